The zero-order valence-corrected chi connectivity index (χ0v) is 16.5. The molecule has 2 heterocycles. The van der Waals surface area contributed by atoms with E-state index in [0.29, 0.717) is 12.1 Å². The van der Waals surface area contributed by atoms with Gasteiger partial charge in [0.2, 0.25) is 11.9 Å². The molecule has 0 saturated heterocycles. The summed E-state index contributed by atoms with van der Waals surface area (Å²) in [6.07, 6.45) is 3.69. The van der Waals surface area contributed by atoms with Crippen molar-refractivity contribution < 1.29 is 9.59 Å². The van der Waals surface area contributed by atoms with Crippen LogP contribution in [-0.4, -0.2) is 37.6 Å². The van der Waals surface area contributed by atoms with Crippen LogP contribution in [0, 0.1) is 5.92 Å². The molecule has 0 fully saturated rings. The van der Waals surface area contributed by atoms with Gasteiger partial charge < -0.3 is 22.1 Å². The van der Waals surface area contributed by atoms with Gasteiger partial charge in [-0.2, -0.15) is 10.1 Å². The number of aryl methyl sites for hydroxylation is 1. The van der Waals surface area contributed by atoms with Crippen molar-refractivity contribution in [3.63, 3.8) is 0 Å². The topological polar surface area (TPSA) is 154 Å². The number of benzene rings is 1. The summed E-state index contributed by atoms with van der Waals surface area (Å²) < 4.78 is 1.70. The second kappa shape index (κ2) is 8.13. The van der Waals surface area contributed by atoms with Crippen LogP contribution in [0.15, 0.2) is 30.6 Å². The van der Waals surface area contributed by atoms with Gasteiger partial charge in [0.25, 0.3) is 5.91 Å². The third-order valence-electron chi connectivity index (χ3n) is 4.33. The van der Waals surface area contributed by atoms with Crippen LogP contribution in [-0.2, 0) is 11.8 Å². The van der Waals surface area contributed by atoms with E-state index in [-0.39, 0.29) is 23.2 Å². The SMILES string of the molecule is CC(C)CC(Nc1ncc(C(N)=O)c(Nc2cccc3nn(C)cc23)n1)C(N)=O. The molecule has 152 valence electrons. The van der Waals surface area contributed by atoms with Crippen LogP contribution in [0.4, 0.5) is 17.5 Å². The lowest BCUT2D eigenvalue weighted by Gasteiger charge is -2.18. The van der Waals surface area contributed by atoms with Crippen molar-refractivity contribution in [3.05, 3.63) is 36.2 Å². The van der Waals surface area contributed by atoms with E-state index in [0.717, 1.165) is 10.9 Å². The van der Waals surface area contributed by atoms with Crippen molar-refractivity contribution in [2.75, 3.05) is 10.6 Å². The summed E-state index contributed by atoms with van der Waals surface area (Å²) in [6.45, 7) is 3.96. The molecule has 0 aliphatic carbocycles. The first-order chi connectivity index (χ1) is 13.7. The number of nitrogens with zero attached hydrogens (tertiary/aromatic N) is 4. The maximum Gasteiger partial charge on any atom is 0.254 e. The van der Waals surface area contributed by atoms with Gasteiger partial charge in [-0.25, -0.2) is 4.98 Å². The Balaban J connectivity index is 1.97. The number of amides is 2. The minimum absolute atomic E-state index is 0.121. The summed E-state index contributed by atoms with van der Waals surface area (Å²) in [5.41, 5.74) is 12.6. The summed E-state index contributed by atoms with van der Waals surface area (Å²) in [7, 11) is 1.82. The Bertz CT molecular complexity index is 1060. The number of nitrogens with two attached hydrogens (primary N) is 2. The number of carbonyl (C=O) groups excluding carboxylic acids is 2. The highest BCUT2D eigenvalue weighted by Gasteiger charge is 2.20. The van der Waals surface area contributed by atoms with E-state index in [1.54, 1.807) is 4.68 Å². The highest BCUT2D eigenvalue weighted by molar-refractivity contribution is 6.00. The van der Waals surface area contributed by atoms with Gasteiger partial charge in [-0.05, 0) is 24.5 Å². The van der Waals surface area contributed by atoms with Crippen molar-refractivity contribution in [2.45, 2.75) is 26.3 Å². The summed E-state index contributed by atoms with van der Waals surface area (Å²) in [5, 5.41) is 11.3. The zero-order valence-electron chi connectivity index (χ0n) is 16.5. The second-order valence-electron chi connectivity index (χ2n) is 7.22. The molecule has 0 bridgehead atoms. The monoisotopic (exact) mass is 396 g/mol. The van der Waals surface area contributed by atoms with E-state index in [2.05, 4.69) is 25.7 Å². The first-order valence-corrected chi connectivity index (χ1v) is 9.16. The number of carbonyl (C=O) groups is 2. The van der Waals surface area contributed by atoms with Gasteiger partial charge in [0.1, 0.15) is 17.4 Å². The van der Waals surface area contributed by atoms with Crippen molar-refractivity contribution in [2.24, 2.45) is 24.4 Å². The van der Waals surface area contributed by atoms with Gasteiger partial charge in [0.05, 0.1) is 11.2 Å². The normalized spacial score (nSPS) is 12.1. The van der Waals surface area contributed by atoms with Crippen LogP contribution in [0.1, 0.15) is 30.6 Å². The average Bonchev–Trinajstić information content (AvgIpc) is 3.02. The number of nitrogens with one attached hydrogen (secondary N) is 2. The number of aromatic nitrogens is 4. The minimum Gasteiger partial charge on any atom is -0.368 e. The first kappa shape index (κ1) is 20.1. The van der Waals surface area contributed by atoms with Gasteiger partial charge >= 0.3 is 0 Å². The third-order valence-corrected chi connectivity index (χ3v) is 4.33. The molecule has 3 aromatic rings. The lowest BCUT2D eigenvalue weighted by atomic mass is 10.0. The number of primary amides is 2. The van der Waals surface area contributed by atoms with Gasteiger partial charge in [-0.15, -0.1) is 0 Å². The van der Waals surface area contributed by atoms with E-state index in [9.17, 15) is 9.59 Å². The quantitative estimate of drug-likeness (QED) is 0.450. The molecule has 10 heteroatoms. The first-order valence-electron chi connectivity index (χ1n) is 9.16. The molecule has 29 heavy (non-hydrogen) atoms. The molecule has 6 N–H and O–H groups in total. The molecule has 1 aromatic carbocycles. The van der Waals surface area contributed by atoms with Gasteiger partial charge in [0.15, 0.2) is 0 Å². The Morgan fingerprint density at radius 1 is 1.24 bits per heavy atom. The van der Waals surface area contributed by atoms with Crippen molar-refractivity contribution in [1.29, 1.82) is 0 Å². The van der Waals surface area contributed by atoms with E-state index >= 15 is 0 Å². The third kappa shape index (κ3) is 4.60. The smallest absolute Gasteiger partial charge is 0.254 e. The summed E-state index contributed by atoms with van der Waals surface area (Å²) >= 11 is 0. The molecule has 0 saturated carbocycles. The van der Waals surface area contributed by atoms with Gasteiger partial charge in [-0.1, -0.05) is 19.9 Å². The molecule has 2 aromatic heterocycles. The molecule has 1 unspecified atom stereocenters. The predicted octanol–water partition coefficient (Wildman–Crippen LogP) is 1.52. The molecule has 3 rings (SSSR count). The largest absolute Gasteiger partial charge is 0.368 e. The fourth-order valence-corrected chi connectivity index (χ4v) is 3.00. The maximum absolute atomic E-state index is 11.9. The van der Waals surface area contributed by atoms with Crippen LogP contribution in [0.3, 0.4) is 0 Å². The molecule has 0 aliphatic heterocycles. The fraction of sp³-hybridized carbons (Fsp3) is 0.316. The van der Waals surface area contributed by atoms with Crippen molar-refractivity contribution >= 4 is 40.2 Å². The molecular formula is C19H24N8O2. The van der Waals surface area contributed by atoms with E-state index in [1.807, 2.05) is 45.3 Å². The number of hydrogen-bond acceptors (Lipinski definition) is 7. The van der Waals surface area contributed by atoms with E-state index in [4.69, 9.17) is 11.5 Å². The molecule has 1 atom stereocenters. The minimum atomic E-state index is -0.675. The number of hydrogen-bond donors (Lipinski definition) is 4. The molecule has 0 spiro atoms. The predicted molar refractivity (Wildman–Crippen MR) is 111 cm³/mol. The van der Waals surface area contributed by atoms with Crippen LogP contribution in [0.25, 0.3) is 10.9 Å². The Hall–Kier alpha value is -3.69. The lowest BCUT2D eigenvalue weighted by molar-refractivity contribution is -0.119. The van der Waals surface area contributed by atoms with Crippen LogP contribution in [0.2, 0.25) is 0 Å². The molecular weight excluding hydrogens is 372 g/mol. The molecule has 10 nitrogen and oxygen atoms in total. The number of anilines is 3. The molecule has 0 radical (unpaired) electrons. The Labute approximate surface area is 167 Å². The van der Waals surface area contributed by atoms with Gasteiger partial charge in [0, 0.05) is 24.8 Å². The zero-order chi connectivity index (χ0) is 21.1. The summed E-state index contributed by atoms with van der Waals surface area (Å²) in [4.78, 5) is 32.1. The van der Waals surface area contributed by atoms with Crippen LogP contribution < -0.4 is 22.1 Å². The van der Waals surface area contributed by atoms with Gasteiger partial charge in [-0.3, -0.25) is 14.3 Å². The Kier molecular flexibility index (Phi) is 5.62. The average molecular weight is 396 g/mol. The van der Waals surface area contributed by atoms with Crippen molar-refractivity contribution in [1.82, 2.24) is 19.7 Å². The molecule has 2 amide bonds. The maximum atomic E-state index is 11.9. The second-order valence-corrected chi connectivity index (χ2v) is 7.22. The Morgan fingerprint density at radius 2 is 2.00 bits per heavy atom. The van der Waals surface area contributed by atoms with Crippen molar-refractivity contribution in [3.8, 4) is 0 Å². The molecule has 0 aliphatic rings. The van der Waals surface area contributed by atoms with Crippen LogP contribution >= 0.6 is 0 Å². The Morgan fingerprint density at radius 3 is 2.66 bits per heavy atom. The lowest BCUT2D eigenvalue weighted by Crippen LogP contribution is -2.37. The standard InChI is InChI=1S/C19H24N8O2/c1-10(2)7-15(17(21)29)24-19-22-8-11(16(20)28)18(25-19)23-13-5-4-6-14-12(13)9-27(3)26-14/h4-6,8-10,15H,7H2,1-3H3,(H2,20,28)(H2,21,29)(H2,22,23,24,25). The summed E-state index contributed by atoms with van der Waals surface area (Å²) in [6, 6.07) is 4.93. The fourth-order valence-electron chi connectivity index (χ4n) is 3.00. The summed E-state index contributed by atoms with van der Waals surface area (Å²) in [5.74, 6) is -0.549. The highest BCUT2D eigenvalue weighted by Crippen LogP contribution is 2.27. The number of rotatable bonds is 8. The number of fused-ring (bicyclic) bond motifs is 1. The van der Waals surface area contributed by atoms with Crippen LogP contribution in [0.5, 0.6) is 0 Å². The van der Waals surface area contributed by atoms with E-state index in [1.165, 1.54) is 6.20 Å². The highest BCUT2D eigenvalue weighted by atomic mass is 16.1. The van der Waals surface area contributed by atoms with E-state index < -0.39 is 17.9 Å².